The molecule has 1 amide bonds. The van der Waals surface area contributed by atoms with Crippen LogP contribution in [0.15, 0.2) is 47.5 Å². The maximum absolute atomic E-state index is 12.3. The van der Waals surface area contributed by atoms with Gasteiger partial charge in [-0.05, 0) is 24.3 Å². The topological polar surface area (TPSA) is 62.1 Å². The Hall–Kier alpha value is -2.35. The fourth-order valence-electron chi connectivity index (χ4n) is 2.56. The highest BCUT2D eigenvalue weighted by Crippen LogP contribution is 2.33. The van der Waals surface area contributed by atoms with Gasteiger partial charge in [0.2, 0.25) is 0 Å². The summed E-state index contributed by atoms with van der Waals surface area (Å²) in [6, 6.07) is 12.7. The molecule has 1 aromatic heterocycles. The lowest BCUT2D eigenvalue weighted by Gasteiger charge is -2.08. The number of rotatable bonds is 7. The molecule has 0 N–H and O–H groups in total. The lowest BCUT2D eigenvalue weighted by molar-refractivity contribution is -0.120. The molecular formula is C19H19ClN2O4S. The highest BCUT2D eigenvalue weighted by atomic mass is 35.5. The van der Waals surface area contributed by atoms with Gasteiger partial charge in [0, 0.05) is 13.7 Å². The van der Waals surface area contributed by atoms with Crippen LogP contribution >= 0.6 is 22.9 Å². The summed E-state index contributed by atoms with van der Waals surface area (Å²) in [5.41, 5.74) is 0.794. The van der Waals surface area contributed by atoms with Crippen molar-refractivity contribution in [3.63, 3.8) is 0 Å². The second-order valence-electron chi connectivity index (χ2n) is 5.56. The summed E-state index contributed by atoms with van der Waals surface area (Å²) < 4.78 is 18.8. The van der Waals surface area contributed by atoms with Gasteiger partial charge in [0.15, 0.2) is 11.4 Å². The summed E-state index contributed by atoms with van der Waals surface area (Å²) in [7, 11) is 3.21. The van der Waals surface area contributed by atoms with Crippen LogP contribution in [-0.2, 0) is 16.1 Å². The van der Waals surface area contributed by atoms with Crippen molar-refractivity contribution in [2.24, 2.45) is 4.99 Å². The first-order valence-corrected chi connectivity index (χ1v) is 9.43. The Morgan fingerprint density at radius 1 is 1.19 bits per heavy atom. The number of thiazole rings is 1. The monoisotopic (exact) mass is 406 g/mol. The van der Waals surface area contributed by atoms with Crippen molar-refractivity contribution in [2.75, 3.05) is 27.4 Å². The van der Waals surface area contributed by atoms with E-state index in [0.717, 1.165) is 10.2 Å². The first kappa shape index (κ1) is 19.4. The van der Waals surface area contributed by atoms with Crippen LogP contribution in [0.5, 0.6) is 11.5 Å². The molecule has 0 aliphatic carbocycles. The highest BCUT2D eigenvalue weighted by molar-refractivity contribution is 7.17. The standard InChI is InChI=1S/C19H19ClN2O4S/c1-24-11-10-22-17-15(25-2)9-8-14(20)18(17)27-19(22)21-16(23)12-26-13-6-4-3-5-7-13/h3-9H,10-12H2,1-2H3. The van der Waals surface area contributed by atoms with Crippen LogP contribution in [0.4, 0.5) is 0 Å². The van der Waals surface area contributed by atoms with Gasteiger partial charge in [0.05, 0.1) is 23.4 Å². The largest absolute Gasteiger partial charge is 0.495 e. The number of halogens is 1. The minimum Gasteiger partial charge on any atom is -0.495 e. The van der Waals surface area contributed by atoms with Crippen LogP contribution in [0.3, 0.4) is 0 Å². The number of carbonyl (C=O) groups excluding carboxylic acids is 1. The number of amides is 1. The number of fused-ring (bicyclic) bond motifs is 1. The number of hydrogen-bond donors (Lipinski definition) is 0. The predicted molar refractivity (Wildman–Crippen MR) is 106 cm³/mol. The number of methoxy groups -OCH3 is 2. The number of para-hydroxylation sites is 1. The summed E-state index contributed by atoms with van der Waals surface area (Å²) in [6.45, 7) is 0.829. The zero-order valence-corrected chi connectivity index (χ0v) is 16.5. The van der Waals surface area contributed by atoms with Gasteiger partial charge >= 0.3 is 0 Å². The van der Waals surface area contributed by atoms with Gasteiger partial charge in [0.1, 0.15) is 17.0 Å². The van der Waals surface area contributed by atoms with Crippen LogP contribution in [0.1, 0.15) is 0 Å². The van der Waals surface area contributed by atoms with Gasteiger partial charge in [-0.2, -0.15) is 4.99 Å². The van der Waals surface area contributed by atoms with Gasteiger partial charge < -0.3 is 18.8 Å². The second kappa shape index (κ2) is 9.03. The quantitative estimate of drug-likeness (QED) is 0.602. The van der Waals surface area contributed by atoms with Crippen LogP contribution in [0.25, 0.3) is 10.2 Å². The molecule has 2 aromatic carbocycles. The molecule has 8 heteroatoms. The van der Waals surface area contributed by atoms with Crippen molar-refractivity contribution < 1.29 is 19.0 Å². The predicted octanol–water partition coefficient (Wildman–Crippen LogP) is 3.52. The maximum atomic E-state index is 12.3. The van der Waals surface area contributed by atoms with E-state index in [2.05, 4.69) is 4.99 Å². The zero-order valence-electron chi connectivity index (χ0n) is 15.0. The fraction of sp³-hybridized carbons (Fsp3) is 0.263. The van der Waals surface area contributed by atoms with Crippen molar-refractivity contribution in [3.05, 3.63) is 52.3 Å². The molecule has 0 fully saturated rings. The Kier molecular flexibility index (Phi) is 6.49. The normalized spacial score (nSPS) is 11.7. The number of carbonyl (C=O) groups is 1. The Morgan fingerprint density at radius 2 is 1.96 bits per heavy atom. The molecule has 0 saturated carbocycles. The number of aromatic nitrogens is 1. The number of benzene rings is 2. The van der Waals surface area contributed by atoms with Gasteiger partial charge in [-0.25, -0.2) is 0 Å². The molecule has 0 radical (unpaired) electrons. The first-order valence-electron chi connectivity index (χ1n) is 8.24. The Bertz CT molecular complexity index is 998. The van der Waals surface area contributed by atoms with E-state index >= 15 is 0 Å². The third-order valence-electron chi connectivity index (χ3n) is 3.81. The number of ether oxygens (including phenoxy) is 3. The molecule has 1 heterocycles. The number of nitrogens with zero attached hydrogens (tertiary/aromatic N) is 2. The van der Waals surface area contributed by atoms with Crippen molar-refractivity contribution in [1.82, 2.24) is 4.57 Å². The van der Waals surface area contributed by atoms with Crippen LogP contribution in [0.2, 0.25) is 5.02 Å². The van der Waals surface area contributed by atoms with E-state index in [4.69, 9.17) is 25.8 Å². The maximum Gasteiger partial charge on any atom is 0.286 e. The zero-order chi connectivity index (χ0) is 19.2. The molecule has 0 unspecified atom stereocenters. The molecule has 142 valence electrons. The Labute approximate surface area is 165 Å². The van der Waals surface area contributed by atoms with Crippen LogP contribution in [0, 0.1) is 0 Å². The average molecular weight is 407 g/mol. The van der Waals surface area contributed by atoms with Crippen molar-refractivity contribution in [3.8, 4) is 11.5 Å². The fourth-order valence-corrected chi connectivity index (χ4v) is 3.93. The molecule has 27 heavy (non-hydrogen) atoms. The minimum atomic E-state index is -0.383. The van der Waals surface area contributed by atoms with Crippen molar-refractivity contribution >= 4 is 39.1 Å². The van der Waals surface area contributed by atoms with E-state index in [0.29, 0.717) is 34.5 Å². The molecule has 0 aliphatic rings. The molecule has 0 aliphatic heterocycles. The van der Waals surface area contributed by atoms with Crippen molar-refractivity contribution in [1.29, 1.82) is 0 Å². The SMILES string of the molecule is COCCn1c(=NC(=O)COc2ccccc2)sc2c(Cl)ccc(OC)c21. The molecule has 0 atom stereocenters. The molecule has 0 bridgehead atoms. The van der Waals surface area contributed by atoms with E-state index in [-0.39, 0.29) is 12.5 Å². The first-order chi connectivity index (χ1) is 13.1. The van der Waals surface area contributed by atoms with E-state index in [9.17, 15) is 4.79 Å². The lowest BCUT2D eigenvalue weighted by Crippen LogP contribution is -2.21. The van der Waals surface area contributed by atoms with Crippen LogP contribution < -0.4 is 14.3 Å². The van der Waals surface area contributed by atoms with Gasteiger partial charge in [-0.1, -0.05) is 41.1 Å². The third kappa shape index (κ3) is 4.50. The highest BCUT2D eigenvalue weighted by Gasteiger charge is 2.15. The van der Waals surface area contributed by atoms with E-state index in [1.807, 2.05) is 22.8 Å². The summed E-state index contributed by atoms with van der Waals surface area (Å²) in [5, 5.41) is 0.580. The van der Waals surface area contributed by atoms with Gasteiger partial charge in [-0.15, -0.1) is 0 Å². The summed E-state index contributed by atoms with van der Waals surface area (Å²) in [5.74, 6) is 0.900. The number of hydrogen-bond acceptors (Lipinski definition) is 5. The van der Waals surface area contributed by atoms with Gasteiger partial charge in [0.25, 0.3) is 5.91 Å². The van der Waals surface area contributed by atoms with E-state index in [1.165, 1.54) is 11.3 Å². The third-order valence-corrected chi connectivity index (χ3v) is 5.34. The molecule has 0 saturated heterocycles. The van der Waals surface area contributed by atoms with E-state index < -0.39 is 0 Å². The molecule has 0 spiro atoms. The summed E-state index contributed by atoms with van der Waals surface area (Å²) in [6.07, 6.45) is 0. The molecule has 3 aromatic rings. The Balaban J connectivity index is 1.97. The molecular weight excluding hydrogens is 388 g/mol. The van der Waals surface area contributed by atoms with Crippen LogP contribution in [-0.4, -0.2) is 37.9 Å². The smallest absolute Gasteiger partial charge is 0.286 e. The summed E-state index contributed by atoms with van der Waals surface area (Å²) >= 11 is 7.67. The minimum absolute atomic E-state index is 0.145. The molecule has 3 rings (SSSR count). The molecule has 6 nitrogen and oxygen atoms in total. The summed E-state index contributed by atoms with van der Waals surface area (Å²) in [4.78, 5) is 17.1. The average Bonchev–Trinajstić information content (AvgIpc) is 3.05. The Morgan fingerprint density at radius 3 is 2.67 bits per heavy atom. The van der Waals surface area contributed by atoms with E-state index in [1.54, 1.807) is 38.5 Å². The van der Waals surface area contributed by atoms with Crippen molar-refractivity contribution in [2.45, 2.75) is 6.54 Å². The lowest BCUT2D eigenvalue weighted by atomic mass is 10.3. The van der Waals surface area contributed by atoms with Gasteiger partial charge in [-0.3, -0.25) is 4.79 Å². The second-order valence-corrected chi connectivity index (χ2v) is 6.95.